The molecule has 258 valence electrons. The third-order valence-corrected chi connectivity index (χ3v) is 9.83. The summed E-state index contributed by atoms with van der Waals surface area (Å²) in [4.78, 5) is 0. The van der Waals surface area contributed by atoms with Gasteiger partial charge in [-0.05, 0) is 94.6 Å². The van der Waals surface area contributed by atoms with E-state index >= 15 is 0 Å². The van der Waals surface area contributed by atoms with Crippen LogP contribution in [0.1, 0.15) is 145 Å². The van der Waals surface area contributed by atoms with Crippen LogP contribution in [-0.2, 0) is 31.1 Å². The summed E-state index contributed by atoms with van der Waals surface area (Å²) in [5.41, 5.74) is 7.30. The topological polar surface area (TPSA) is 43.5 Å². The summed E-state index contributed by atoms with van der Waals surface area (Å²) < 4.78 is 24.6. The lowest BCUT2D eigenvalue weighted by Crippen LogP contribution is -2.22. The molecule has 46 heavy (non-hydrogen) atoms. The molecule has 2 fully saturated rings. The van der Waals surface area contributed by atoms with E-state index < -0.39 is 0 Å². The Morgan fingerprint density at radius 2 is 0.804 bits per heavy atom. The molecule has 2 saturated heterocycles. The molecule has 2 aromatic rings. The van der Waals surface area contributed by atoms with Gasteiger partial charge in [-0.25, -0.2) is 0 Å². The smallest absolute Gasteiger partial charge is 0.126 e. The van der Waals surface area contributed by atoms with Crippen LogP contribution in [0.25, 0.3) is 11.1 Å². The molecule has 4 heteroatoms. The van der Waals surface area contributed by atoms with Gasteiger partial charge in [0.1, 0.15) is 11.5 Å². The van der Waals surface area contributed by atoms with Crippen LogP contribution in [0.3, 0.4) is 0 Å². The Kier molecular flexibility index (Phi) is 11.1. The minimum atomic E-state index is -0.0775. The van der Waals surface area contributed by atoms with Gasteiger partial charge in [-0.3, -0.25) is 0 Å². The molecule has 0 aliphatic carbocycles. The Bertz CT molecular complexity index is 1150. The van der Waals surface area contributed by atoms with Crippen LogP contribution in [-0.4, -0.2) is 38.6 Å². The van der Waals surface area contributed by atoms with E-state index in [0.29, 0.717) is 24.0 Å². The van der Waals surface area contributed by atoms with Gasteiger partial charge in [0.15, 0.2) is 0 Å². The molecule has 2 aromatic carbocycles. The third-order valence-electron chi connectivity index (χ3n) is 9.83. The van der Waals surface area contributed by atoms with E-state index in [9.17, 15) is 0 Å². The molecule has 0 amide bonds. The first-order valence-corrected chi connectivity index (χ1v) is 18.0. The molecule has 0 bridgehead atoms. The fourth-order valence-electron chi connectivity index (χ4n) is 6.43. The van der Waals surface area contributed by atoms with Gasteiger partial charge < -0.3 is 18.9 Å². The second-order valence-corrected chi connectivity index (χ2v) is 18.5. The van der Waals surface area contributed by atoms with Crippen molar-refractivity contribution >= 4 is 0 Å². The number of epoxide rings is 2. The number of benzene rings is 2. The molecule has 2 heterocycles. The number of ether oxygens (including phenoxy) is 4. The molecule has 4 rings (SSSR count). The summed E-state index contributed by atoms with van der Waals surface area (Å²) in [6, 6.07) is 9.62. The van der Waals surface area contributed by atoms with Gasteiger partial charge in [0.05, 0.1) is 38.6 Å². The minimum Gasteiger partial charge on any atom is -0.493 e. The number of hydrogen-bond donors (Lipinski definition) is 0. The summed E-state index contributed by atoms with van der Waals surface area (Å²) in [6.45, 7) is 35.6. The molecule has 0 spiro atoms. The minimum absolute atomic E-state index is 0.0775. The van der Waals surface area contributed by atoms with Crippen molar-refractivity contribution < 1.29 is 18.9 Å². The van der Waals surface area contributed by atoms with Crippen LogP contribution >= 0.6 is 0 Å². The molecule has 4 nitrogen and oxygen atoms in total. The lowest BCUT2D eigenvalue weighted by Gasteiger charge is -2.33. The third kappa shape index (κ3) is 9.53. The van der Waals surface area contributed by atoms with Crippen molar-refractivity contribution in [1.29, 1.82) is 0 Å². The molecule has 2 aliphatic heterocycles. The molecule has 0 radical (unpaired) electrons. The molecule has 0 aromatic heterocycles. The SMILES string of the molecule is CC(CCCOc1c(C(C)(C)C)cc(-c2cc(C(C)(C)C)c(OCCCC(C)C3CO3)c(C(C)(C)C)c2)cc1C(C)(C)C)C1CO1. The van der Waals surface area contributed by atoms with Crippen LogP contribution in [0.15, 0.2) is 24.3 Å². The highest BCUT2D eigenvalue weighted by atomic mass is 16.6. The maximum absolute atomic E-state index is 6.76. The van der Waals surface area contributed by atoms with Crippen LogP contribution in [0, 0.1) is 11.8 Å². The molecular formula is C42H66O4. The van der Waals surface area contributed by atoms with Gasteiger partial charge in [0.25, 0.3) is 0 Å². The van der Waals surface area contributed by atoms with E-state index in [1.165, 1.54) is 33.4 Å². The average Bonchev–Trinajstić information content (AvgIpc) is 3.83. The molecule has 4 unspecified atom stereocenters. The Morgan fingerprint density at radius 1 is 0.543 bits per heavy atom. The van der Waals surface area contributed by atoms with Crippen molar-refractivity contribution in [3.05, 3.63) is 46.5 Å². The van der Waals surface area contributed by atoms with E-state index in [1.807, 2.05) is 0 Å². The predicted octanol–water partition coefficient (Wildman–Crippen LogP) is 10.9. The lowest BCUT2D eigenvalue weighted by molar-refractivity contribution is 0.266. The van der Waals surface area contributed by atoms with Crippen molar-refractivity contribution in [3.8, 4) is 22.6 Å². The quantitative estimate of drug-likeness (QED) is 0.162. The first-order valence-electron chi connectivity index (χ1n) is 18.0. The van der Waals surface area contributed by atoms with Crippen LogP contribution in [0.4, 0.5) is 0 Å². The standard InChI is InChI=1S/C42H66O4/c1-27(35-25-45-35)17-15-19-43-37-31(39(3,4)5)21-29(22-32(37)40(6,7)8)30-23-33(41(9,10)11)38(34(24-30)42(12,13)14)44-20-16-18-28(2)36-26-46-36/h21-24,27-28,35-36H,15-20,25-26H2,1-14H3. The van der Waals surface area contributed by atoms with E-state index in [1.54, 1.807) is 0 Å². The van der Waals surface area contributed by atoms with E-state index in [0.717, 1.165) is 63.6 Å². The Balaban J connectivity index is 1.75. The summed E-state index contributed by atoms with van der Waals surface area (Å²) in [7, 11) is 0. The van der Waals surface area contributed by atoms with Crippen molar-refractivity contribution in [1.82, 2.24) is 0 Å². The maximum Gasteiger partial charge on any atom is 0.126 e. The zero-order chi connectivity index (χ0) is 34.2. The Hall–Kier alpha value is -2.04. The van der Waals surface area contributed by atoms with Gasteiger partial charge in [0, 0.05) is 22.3 Å². The predicted molar refractivity (Wildman–Crippen MR) is 194 cm³/mol. The van der Waals surface area contributed by atoms with Crippen LogP contribution < -0.4 is 9.47 Å². The van der Waals surface area contributed by atoms with Gasteiger partial charge in [-0.2, -0.15) is 0 Å². The lowest BCUT2D eigenvalue weighted by atomic mass is 9.75. The van der Waals surface area contributed by atoms with Crippen LogP contribution in [0.5, 0.6) is 11.5 Å². The summed E-state index contributed by atoms with van der Waals surface area (Å²) in [5, 5.41) is 0. The van der Waals surface area contributed by atoms with Crippen molar-refractivity contribution in [3.63, 3.8) is 0 Å². The van der Waals surface area contributed by atoms with Crippen molar-refractivity contribution in [2.75, 3.05) is 26.4 Å². The summed E-state index contributed by atoms with van der Waals surface area (Å²) in [5.74, 6) is 3.32. The monoisotopic (exact) mass is 634 g/mol. The second kappa shape index (κ2) is 13.8. The molecule has 4 atom stereocenters. The second-order valence-electron chi connectivity index (χ2n) is 18.5. The highest BCUT2D eigenvalue weighted by Crippen LogP contribution is 2.47. The fourth-order valence-corrected chi connectivity index (χ4v) is 6.43. The van der Waals surface area contributed by atoms with Gasteiger partial charge in [-0.1, -0.05) is 96.9 Å². The Labute approximate surface area is 282 Å². The largest absolute Gasteiger partial charge is 0.493 e. The Morgan fingerprint density at radius 3 is 1.02 bits per heavy atom. The van der Waals surface area contributed by atoms with Gasteiger partial charge in [0.2, 0.25) is 0 Å². The van der Waals surface area contributed by atoms with Gasteiger partial charge >= 0.3 is 0 Å². The highest BCUT2D eigenvalue weighted by molar-refractivity contribution is 5.73. The normalized spacial score (nSPS) is 20.0. The highest BCUT2D eigenvalue weighted by Gasteiger charge is 2.33. The van der Waals surface area contributed by atoms with Crippen molar-refractivity contribution in [2.45, 2.75) is 156 Å². The van der Waals surface area contributed by atoms with E-state index in [4.69, 9.17) is 18.9 Å². The summed E-state index contributed by atoms with van der Waals surface area (Å²) >= 11 is 0. The molecule has 0 saturated carbocycles. The first kappa shape index (κ1) is 36.8. The van der Waals surface area contributed by atoms with Crippen molar-refractivity contribution in [2.24, 2.45) is 11.8 Å². The van der Waals surface area contributed by atoms with Crippen LogP contribution in [0.2, 0.25) is 0 Å². The maximum atomic E-state index is 6.76. The zero-order valence-corrected chi connectivity index (χ0v) is 31.9. The average molecular weight is 635 g/mol. The number of hydrogen-bond acceptors (Lipinski definition) is 4. The molecule has 0 N–H and O–H groups in total. The van der Waals surface area contributed by atoms with Gasteiger partial charge in [-0.15, -0.1) is 0 Å². The molecule has 2 aliphatic rings. The van der Waals surface area contributed by atoms with E-state index in [2.05, 4.69) is 121 Å². The first-order chi connectivity index (χ1) is 21.2. The molecular weight excluding hydrogens is 568 g/mol. The zero-order valence-electron chi connectivity index (χ0n) is 31.9. The number of rotatable bonds is 13. The fraction of sp³-hybridized carbons (Fsp3) is 0.714. The summed E-state index contributed by atoms with van der Waals surface area (Å²) in [6.07, 6.45) is 5.24. The van der Waals surface area contributed by atoms with E-state index in [-0.39, 0.29) is 21.7 Å².